The fourth-order valence-corrected chi connectivity index (χ4v) is 2.17. The van der Waals surface area contributed by atoms with Gasteiger partial charge in [-0.25, -0.2) is 0 Å². The van der Waals surface area contributed by atoms with Crippen molar-refractivity contribution in [3.63, 3.8) is 0 Å². The fourth-order valence-electron chi connectivity index (χ4n) is 2.17. The number of hydrogen-bond acceptors (Lipinski definition) is 3. The number of ether oxygens (including phenoxy) is 2. The van der Waals surface area contributed by atoms with Gasteiger partial charge in [0.25, 0.3) is 0 Å². The normalized spacial score (nSPS) is 10.6. The number of rotatable bonds is 6. The lowest BCUT2D eigenvalue weighted by Crippen LogP contribution is -2.00. The van der Waals surface area contributed by atoms with Crippen molar-refractivity contribution < 1.29 is 14.3 Å². The molecule has 0 unspecified atom stereocenters. The van der Waals surface area contributed by atoms with E-state index in [1.807, 2.05) is 0 Å². The Balaban J connectivity index is 2.09. The average Bonchev–Trinajstić information content (AvgIpc) is 2.52. The molecule has 0 aromatic heterocycles. The van der Waals surface area contributed by atoms with Crippen molar-refractivity contribution in [1.29, 1.82) is 0 Å². The number of hydrogen-bond donors (Lipinski definition) is 0. The van der Waals surface area contributed by atoms with Crippen molar-refractivity contribution in [1.82, 2.24) is 0 Å². The molecule has 0 fully saturated rings. The van der Waals surface area contributed by atoms with Gasteiger partial charge >= 0.3 is 0 Å². The molecule has 0 bridgehead atoms. The highest BCUT2D eigenvalue weighted by Crippen LogP contribution is 2.29. The maximum absolute atomic E-state index is 11.4. The molecule has 0 saturated carbocycles. The smallest absolute Gasteiger partial charge is 0.161 e. The van der Waals surface area contributed by atoms with Crippen molar-refractivity contribution in [2.75, 3.05) is 7.11 Å². The Hall–Kier alpha value is -2.29. The predicted molar refractivity (Wildman–Crippen MR) is 87.9 cm³/mol. The van der Waals surface area contributed by atoms with E-state index in [4.69, 9.17) is 9.47 Å². The number of methoxy groups -OCH3 is 1. The van der Waals surface area contributed by atoms with Crippen LogP contribution in [0, 0.1) is 0 Å². The Morgan fingerprint density at radius 3 is 2.27 bits per heavy atom. The maximum Gasteiger partial charge on any atom is 0.161 e. The molecule has 116 valence electrons. The van der Waals surface area contributed by atoms with Gasteiger partial charge in [-0.05, 0) is 42.2 Å². The topological polar surface area (TPSA) is 35.5 Å². The van der Waals surface area contributed by atoms with Crippen molar-refractivity contribution in [2.24, 2.45) is 0 Å². The van der Waals surface area contributed by atoms with Gasteiger partial charge in [0.1, 0.15) is 6.61 Å². The van der Waals surface area contributed by atoms with E-state index in [9.17, 15) is 4.79 Å². The zero-order valence-electron chi connectivity index (χ0n) is 13.6. The molecule has 0 heterocycles. The van der Waals surface area contributed by atoms with Crippen LogP contribution in [0.1, 0.15) is 48.2 Å². The van der Waals surface area contributed by atoms with Crippen LogP contribution in [0.5, 0.6) is 11.5 Å². The molecule has 0 saturated heterocycles. The summed E-state index contributed by atoms with van der Waals surface area (Å²) in [7, 11) is 1.57. The monoisotopic (exact) mass is 298 g/mol. The van der Waals surface area contributed by atoms with Gasteiger partial charge in [-0.2, -0.15) is 0 Å². The Morgan fingerprint density at radius 1 is 1.05 bits per heavy atom. The Kier molecular flexibility index (Phi) is 5.21. The van der Waals surface area contributed by atoms with Gasteiger partial charge in [0.2, 0.25) is 0 Å². The molecule has 0 radical (unpaired) electrons. The average molecular weight is 298 g/mol. The molecule has 22 heavy (non-hydrogen) atoms. The zero-order valence-corrected chi connectivity index (χ0v) is 13.6. The molecule has 3 heteroatoms. The first kappa shape index (κ1) is 16.1. The molecule has 0 aliphatic heterocycles. The molecular formula is C19H22O3. The molecule has 0 spiro atoms. The van der Waals surface area contributed by atoms with Gasteiger partial charge in [0.05, 0.1) is 7.11 Å². The van der Waals surface area contributed by atoms with Gasteiger partial charge in [-0.1, -0.05) is 38.1 Å². The van der Waals surface area contributed by atoms with Crippen LogP contribution < -0.4 is 9.47 Å². The van der Waals surface area contributed by atoms with E-state index < -0.39 is 0 Å². The standard InChI is InChI=1S/C19H22O3/c1-13(2)16-7-5-15(6-8-16)12-22-18-10-9-17(14(3)20)11-19(18)21-4/h5-11,13H,12H2,1-4H3. The molecule has 0 atom stereocenters. The molecule has 0 aliphatic carbocycles. The summed E-state index contributed by atoms with van der Waals surface area (Å²) in [5.74, 6) is 1.75. The summed E-state index contributed by atoms with van der Waals surface area (Å²) in [6.07, 6.45) is 0. The van der Waals surface area contributed by atoms with E-state index in [0.717, 1.165) is 5.56 Å². The molecule has 3 nitrogen and oxygen atoms in total. The van der Waals surface area contributed by atoms with E-state index in [1.54, 1.807) is 25.3 Å². The summed E-state index contributed by atoms with van der Waals surface area (Å²) in [5, 5.41) is 0. The Morgan fingerprint density at radius 2 is 1.73 bits per heavy atom. The van der Waals surface area contributed by atoms with Crippen LogP contribution in [-0.2, 0) is 6.61 Å². The first-order valence-corrected chi connectivity index (χ1v) is 7.42. The van der Waals surface area contributed by atoms with Gasteiger partial charge in [-0.15, -0.1) is 0 Å². The van der Waals surface area contributed by atoms with Gasteiger partial charge in [0.15, 0.2) is 17.3 Å². The predicted octanol–water partition coefficient (Wildman–Crippen LogP) is 4.60. The quantitative estimate of drug-likeness (QED) is 0.731. The van der Waals surface area contributed by atoms with E-state index in [0.29, 0.717) is 29.6 Å². The third-order valence-electron chi connectivity index (χ3n) is 3.61. The minimum atomic E-state index is 0.00845. The number of carbonyl (C=O) groups is 1. The van der Waals surface area contributed by atoms with Gasteiger partial charge in [0, 0.05) is 5.56 Å². The van der Waals surface area contributed by atoms with Crippen molar-refractivity contribution in [2.45, 2.75) is 33.3 Å². The lowest BCUT2D eigenvalue weighted by Gasteiger charge is -2.12. The molecule has 2 aromatic rings. The largest absolute Gasteiger partial charge is 0.493 e. The first-order valence-electron chi connectivity index (χ1n) is 7.42. The second kappa shape index (κ2) is 7.12. The first-order chi connectivity index (χ1) is 10.5. The van der Waals surface area contributed by atoms with E-state index in [-0.39, 0.29) is 5.78 Å². The third-order valence-corrected chi connectivity index (χ3v) is 3.61. The van der Waals surface area contributed by atoms with Gasteiger partial charge in [-0.3, -0.25) is 4.79 Å². The third kappa shape index (κ3) is 3.88. The minimum absolute atomic E-state index is 0.00845. The van der Waals surface area contributed by atoms with Crippen molar-refractivity contribution >= 4 is 5.78 Å². The summed E-state index contributed by atoms with van der Waals surface area (Å²) < 4.78 is 11.1. The Labute approximate surface area is 131 Å². The Bertz CT molecular complexity index is 642. The summed E-state index contributed by atoms with van der Waals surface area (Å²) in [6.45, 7) is 6.35. The van der Waals surface area contributed by atoms with Crippen molar-refractivity contribution in [3.8, 4) is 11.5 Å². The lowest BCUT2D eigenvalue weighted by atomic mass is 10.0. The molecule has 2 rings (SSSR count). The van der Waals surface area contributed by atoms with Crippen LogP contribution in [0.25, 0.3) is 0 Å². The highest BCUT2D eigenvalue weighted by Gasteiger charge is 2.08. The van der Waals surface area contributed by atoms with Crippen LogP contribution in [0.15, 0.2) is 42.5 Å². The summed E-state index contributed by atoms with van der Waals surface area (Å²) in [5.41, 5.74) is 3.03. The van der Waals surface area contributed by atoms with Crippen LogP contribution in [0.2, 0.25) is 0 Å². The summed E-state index contributed by atoms with van der Waals surface area (Å²) >= 11 is 0. The number of Topliss-reactive ketones (excluding diaryl/α,β-unsaturated/α-hetero) is 1. The highest BCUT2D eigenvalue weighted by atomic mass is 16.5. The number of ketones is 1. The van der Waals surface area contributed by atoms with Crippen LogP contribution in [0.4, 0.5) is 0 Å². The molecular weight excluding hydrogens is 276 g/mol. The second-order valence-electron chi connectivity index (χ2n) is 5.61. The molecule has 0 aliphatic rings. The van der Waals surface area contributed by atoms with Crippen LogP contribution in [-0.4, -0.2) is 12.9 Å². The van der Waals surface area contributed by atoms with Crippen LogP contribution >= 0.6 is 0 Å². The van der Waals surface area contributed by atoms with Gasteiger partial charge < -0.3 is 9.47 Å². The number of benzene rings is 2. The van der Waals surface area contributed by atoms with Crippen LogP contribution in [0.3, 0.4) is 0 Å². The molecule has 2 aromatic carbocycles. The number of carbonyl (C=O) groups excluding carboxylic acids is 1. The van der Waals surface area contributed by atoms with Crippen molar-refractivity contribution in [3.05, 3.63) is 59.2 Å². The fraction of sp³-hybridized carbons (Fsp3) is 0.316. The van der Waals surface area contributed by atoms with E-state index in [1.165, 1.54) is 12.5 Å². The zero-order chi connectivity index (χ0) is 16.1. The maximum atomic E-state index is 11.4. The lowest BCUT2D eigenvalue weighted by molar-refractivity contribution is 0.101. The summed E-state index contributed by atoms with van der Waals surface area (Å²) in [6, 6.07) is 13.6. The summed E-state index contributed by atoms with van der Waals surface area (Å²) in [4.78, 5) is 11.4. The SMILES string of the molecule is COc1cc(C(C)=O)ccc1OCc1ccc(C(C)C)cc1. The minimum Gasteiger partial charge on any atom is -0.493 e. The van der Waals surface area contributed by atoms with E-state index >= 15 is 0 Å². The second-order valence-corrected chi connectivity index (χ2v) is 5.61. The molecule has 0 N–H and O–H groups in total. The highest BCUT2D eigenvalue weighted by molar-refractivity contribution is 5.94. The molecule has 0 amide bonds. The van der Waals surface area contributed by atoms with E-state index in [2.05, 4.69) is 38.1 Å².